The van der Waals surface area contributed by atoms with Crippen LogP contribution >= 0.6 is 0 Å². The summed E-state index contributed by atoms with van der Waals surface area (Å²) in [5.41, 5.74) is 4.68. The van der Waals surface area contributed by atoms with Gasteiger partial charge in [-0.3, -0.25) is 4.79 Å². The fourth-order valence-electron chi connectivity index (χ4n) is 1.71. The zero-order valence-corrected chi connectivity index (χ0v) is 10.0. The van der Waals surface area contributed by atoms with Crippen LogP contribution in [-0.4, -0.2) is 33.6 Å². The van der Waals surface area contributed by atoms with E-state index in [1.54, 1.807) is 6.92 Å². The summed E-state index contributed by atoms with van der Waals surface area (Å²) in [6.45, 7) is 2.10. The van der Waals surface area contributed by atoms with Gasteiger partial charge in [-0.25, -0.2) is 0 Å². The van der Waals surface area contributed by atoms with Crippen molar-refractivity contribution in [2.45, 2.75) is 26.2 Å². The Morgan fingerprint density at radius 1 is 1.67 bits per heavy atom. The summed E-state index contributed by atoms with van der Waals surface area (Å²) in [7, 11) is 0. The van der Waals surface area contributed by atoms with Crippen LogP contribution in [0.15, 0.2) is 9.68 Å². The van der Waals surface area contributed by atoms with E-state index in [0.29, 0.717) is 37.5 Å². The number of nitrogens with zero attached hydrogens (tertiary/aromatic N) is 3. The van der Waals surface area contributed by atoms with Crippen molar-refractivity contribution < 1.29 is 14.5 Å². The first-order valence-electron chi connectivity index (χ1n) is 5.64. The van der Waals surface area contributed by atoms with E-state index in [4.69, 9.17) is 15.5 Å². The summed E-state index contributed by atoms with van der Waals surface area (Å²) in [6, 6.07) is 0. The van der Waals surface area contributed by atoms with Crippen LogP contribution in [-0.2, 0) is 11.2 Å². The van der Waals surface area contributed by atoms with Gasteiger partial charge in [0, 0.05) is 13.0 Å². The quantitative estimate of drug-likeness (QED) is 0.282. The number of hydrogen-bond acceptors (Lipinski definition) is 6. The van der Waals surface area contributed by atoms with Crippen LogP contribution in [0.5, 0.6) is 0 Å². The largest absolute Gasteiger partial charge is 0.409 e. The van der Waals surface area contributed by atoms with Crippen LogP contribution in [0.1, 0.15) is 24.6 Å². The second-order valence-corrected chi connectivity index (χ2v) is 4.31. The Balaban J connectivity index is 1.82. The highest BCUT2D eigenvalue weighted by Gasteiger charge is 2.54. The Bertz CT molecular complexity index is 478. The molecule has 18 heavy (non-hydrogen) atoms. The van der Waals surface area contributed by atoms with Gasteiger partial charge in [0.25, 0.3) is 0 Å². The second-order valence-electron chi connectivity index (χ2n) is 4.31. The van der Waals surface area contributed by atoms with E-state index in [-0.39, 0.29) is 11.7 Å². The number of hydrogen-bond donors (Lipinski definition) is 3. The van der Waals surface area contributed by atoms with Gasteiger partial charge in [0.2, 0.25) is 11.8 Å². The number of aromatic nitrogens is 2. The maximum absolute atomic E-state index is 11.9. The van der Waals surface area contributed by atoms with Gasteiger partial charge in [0.1, 0.15) is 5.41 Å². The van der Waals surface area contributed by atoms with Crippen LogP contribution < -0.4 is 11.1 Å². The topological polar surface area (TPSA) is 127 Å². The Morgan fingerprint density at radius 3 is 2.89 bits per heavy atom. The van der Waals surface area contributed by atoms with Gasteiger partial charge in [0.05, 0.1) is 0 Å². The molecule has 0 saturated heterocycles. The fraction of sp³-hybridized carbons (Fsp3) is 0.600. The molecule has 0 aliphatic heterocycles. The molecule has 1 fully saturated rings. The number of carbonyl (C=O) groups excluding carboxylic acids is 1. The number of aryl methyl sites for hydroxylation is 1. The fourth-order valence-corrected chi connectivity index (χ4v) is 1.71. The van der Waals surface area contributed by atoms with E-state index in [1.807, 2.05) is 0 Å². The molecule has 1 aromatic rings. The van der Waals surface area contributed by atoms with Gasteiger partial charge in [-0.2, -0.15) is 4.98 Å². The smallest absolute Gasteiger partial charge is 0.233 e. The number of oxime groups is 1. The van der Waals surface area contributed by atoms with Gasteiger partial charge in [-0.1, -0.05) is 10.3 Å². The highest BCUT2D eigenvalue weighted by Crippen LogP contribution is 2.45. The third kappa shape index (κ3) is 2.27. The predicted octanol–water partition coefficient (Wildman–Crippen LogP) is -0.437. The molecular formula is C10H15N5O3. The van der Waals surface area contributed by atoms with Gasteiger partial charge < -0.3 is 20.8 Å². The first kappa shape index (κ1) is 12.3. The van der Waals surface area contributed by atoms with Crippen LogP contribution in [0.4, 0.5) is 0 Å². The van der Waals surface area contributed by atoms with Crippen molar-refractivity contribution in [3.8, 4) is 0 Å². The predicted molar refractivity (Wildman–Crippen MR) is 60.8 cm³/mol. The van der Waals surface area contributed by atoms with E-state index in [9.17, 15) is 4.79 Å². The van der Waals surface area contributed by atoms with Crippen molar-refractivity contribution in [2.75, 3.05) is 6.54 Å². The molecule has 0 radical (unpaired) electrons. The molecule has 1 amide bonds. The molecule has 0 bridgehead atoms. The second kappa shape index (κ2) is 4.63. The summed E-state index contributed by atoms with van der Waals surface area (Å²) < 4.78 is 4.92. The molecule has 2 rings (SSSR count). The minimum atomic E-state index is -0.820. The average molecular weight is 253 g/mol. The van der Waals surface area contributed by atoms with Gasteiger partial charge in [-0.15, -0.1) is 0 Å². The Morgan fingerprint density at radius 2 is 2.39 bits per heavy atom. The molecule has 8 heteroatoms. The van der Waals surface area contributed by atoms with Gasteiger partial charge >= 0.3 is 0 Å². The maximum atomic E-state index is 11.9. The molecule has 0 aromatic carbocycles. The van der Waals surface area contributed by atoms with E-state index < -0.39 is 5.41 Å². The highest BCUT2D eigenvalue weighted by atomic mass is 16.5. The van der Waals surface area contributed by atoms with Crippen molar-refractivity contribution in [2.24, 2.45) is 16.3 Å². The van der Waals surface area contributed by atoms with Crippen molar-refractivity contribution in [3.63, 3.8) is 0 Å². The van der Waals surface area contributed by atoms with Crippen molar-refractivity contribution in [1.29, 1.82) is 0 Å². The van der Waals surface area contributed by atoms with E-state index in [2.05, 4.69) is 20.6 Å². The zero-order chi connectivity index (χ0) is 13.2. The third-order valence-corrected chi connectivity index (χ3v) is 2.98. The molecule has 1 aliphatic rings. The first-order chi connectivity index (χ1) is 8.58. The third-order valence-electron chi connectivity index (χ3n) is 2.98. The molecular weight excluding hydrogens is 238 g/mol. The molecule has 0 spiro atoms. The molecule has 1 aromatic heterocycles. The molecule has 8 nitrogen and oxygen atoms in total. The molecule has 0 unspecified atom stereocenters. The summed E-state index contributed by atoms with van der Waals surface area (Å²) >= 11 is 0. The molecule has 98 valence electrons. The van der Waals surface area contributed by atoms with Gasteiger partial charge in [-0.05, 0) is 19.8 Å². The normalized spacial score (nSPS) is 17.5. The van der Waals surface area contributed by atoms with E-state index in [1.165, 1.54) is 0 Å². The van der Waals surface area contributed by atoms with Crippen molar-refractivity contribution in [3.05, 3.63) is 11.7 Å². The lowest BCUT2D eigenvalue weighted by molar-refractivity contribution is -0.124. The molecule has 0 atom stereocenters. The molecule has 1 saturated carbocycles. The summed E-state index contributed by atoms with van der Waals surface area (Å²) in [5, 5.41) is 17.9. The number of amidine groups is 1. The lowest BCUT2D eigenvalue weighted by Crippen LogP contribution is -2.41. The Hall–Kier alpha value is -2.12. The van der Waals surface area contributed by atoms with Crippen molar-refractivity contribution in [1.82, 2.24) is 15.5 Å². The van der Waals surface area contributed by atoms with E-state index >= 15 is 0 Å². The summed E-state index contributed by atoms with van der Waals surface area (Å²) in [4.78, 5) is 15.9. The summed E-state index contributed by atoms with van der Waals surface area (Å²) in [5.74, 6) is 0.774. The highest BCUT2D eigenvalue weighted by molar-refractivity contribution is 6.09. The van der Waals surface area contributed by atoms with Crippen molar-refractivity contribution >= 4 is 11.7 Å². The zero-order valence-electron chi connectivity index (χ0n) is 10.0. The summed E-state index contributed by atoms with van der Waals surface area (Å²) in [6.07, 6.45) is 1.67. The van der Waals surface area contributed by atoms with Crippen LogP contribution in [0.2, 0.25) is 0 Å². The number of nitrogens with two attached hydrogens (primary N) is 1. The number of nitrogens with one attached hydrogen (secondary N) is 1. The Labute approximate surface area is 103 Å². The number of carbonyl (C=O) groups is 1. The number of amides is 1. The van der Waals surface area contributed by atoms with Crippen LogP contribution in [0.25, 0.3) is 0 Å². The number of rotatable bonds is 5. The molecule has 1 heterocycles. The SMILES string of the molecule is Cc1noc(CCNC(=O)C2(C(N)=NO)CC2)n1. The molecule has 4 N–H and O–H groups in total. The maximum Gasteiger partial charge on any atom is 0.233 e. The minimum absolute atomic E-state index is 0.0337. The minimum Gasteiger partial charge on any atom is -0.409 e. The standard InChI is InChI=1S/C10H15N5O3/c1-6-13-7(18-15-6)2-5-12-9(16)10(3-4-10)8(11)14-17/h17H,2-5H2,1H3,(H2,11,14)(H,12,16). The average Bonchev–Trinajstić information content (AvgIpc) is 3.07. The first-order valence-corrected chi connectivity index (χ1v) is 5.64. The molecule has 1 aliphatic carbocycles. The van der Waals surface area contributed by atoms with Crippen LogP contribution in [0, 0.1) is 12.3 Å². The lowest BCUT2D eigenvalue weighted by Gasteiger charge is -2.12. The van der Waals surface area contributed by atoms with Crippen LogP contribution in [0.3, 0.4) is 0 Å². The Kier molecular flexibility index (Phi) is 3.17. The monoisotopic (exact) mass is 253 g/mol. The lowest BCUT2D eigenvalue weighted by atomic mass is 10.1. The van der Waals surface area contributed by atoms with E-state index in [0.717, 1.165) is 0 Å². The van der Waals surface area contributed by atoms with Gasteiger partial charge in [0.15, 0.2) is 11.7 Å².